The SMILES string of the molecule is Cc1ccc(C2CC(NC(CCC(=O)O)Cc3ccccc3)C2)cc1. The molecule has 2 N–H and O–H groups in total. The van der Waals surface area contributed by atoms with Gasteiger partial charge in [0.2, 0.25) is 0 Å². The molecule has 3 rings (SSSR count). The second kappa shape index (κ2) is 8.30. The Balaban J connectivity index is 1.53. The number of carboxylic acid groups (broad SMARTS) is 1. The van der Waals surface area contributed by atoms with Crippen LogP contribution in [0.4, 0.5) is 0 Å². The van der Waals surface area contributed by atoms with Crippen molar-refractivity contribution in [1.29, 1.82) is 0 Å². The highest BCUT2D eigenvalue weighted by atomic mass is 16.4. The number of benzene rings is 2. The molecular formula is C22H27NO2. The Morgan fingerprint density at radius 1 is 1.12 bits per heavy atom. The fraction of sp³-hybridized carbons (Fsp3) is 0.409. The van der Waals surface area contributed by atoms with Crippen molar-refractivity contribution in [3.63, 3.8) is 0 Å². The Hall–Kier alpha value is -2.13. The van der Waals surface area contributed by atoms with Crippen LogP contribution >= 0.6 is 0 Å². The minimum absolute atomic E-state index is 0.221. The summed E-state index contributed by atoms with van der Waals surface area (Å²) in [6.07, 6.45) is 4.07. The molecule has 0 amide bonds. The lowest BCUT2D eigenvalue weighted by atomic mass is 9.75. The number of carboxylic acids is 1. The molecule has 1 aliphatic carbocycles. The molecule has 25 heavy (non-hydrogen) atoms. The number of carbonyl (C=O) groups is 1. The maximum atomic E-state index is 11.0. The van der Waals surface area contributed by atoms with Crippen molar-refractivity contribution in [2.24, 2.45) is 0 Å². The summed E-state index contributed by atoms with van der Waals surface area (Å²) in [5, 5.41) is 12.7. The minimum atomic E-state index is -0.717. The first-order valence-electron chi connectivity index (χ1n) is 9.18. The first kappa shape index (κ1) is 17.7. The predicted octanol–water partition coefficient (Wildman–Crippen LogP) is 4.31. The molecule has 1 atom stereocenters. The molecular weight excluding hydrogens is 310 g/mol. The standard InChI is InChI=1S/C22H27NO2/c1-16-7-9-18(10-8-16)19-14-21(15-19)23-20(11-12-22(24)25)13-17-5-3-2-4-6-17/h2-10,19-21,23H,11-15H2,1H3,(H,24,25). The summed E-state index contributed by atoms with van der Waals surface area (Å²) in [6.45, 7) is 2.12. The second-order valence-corrected chi connectivity index (χ2v) is 7.26. The third-order valence-electron chi connectivity index (χ3n) is 5.19. The van der Waals surface area contributed by atoms with E-state index in [1.165, 1.54) is 16.7 Å². The Morgan fingerprint density at radius 2 is 1.80 bits per heavy atom. The van der Waals surface area contributed by atoms with Gasteiger partial charge in [0.1, 0.15) is 0 Å². The Morgan fingerprint density at radius 3 is 2.44 bits per heavy atom. The van der Waals surface area contributed by atoms with Gasteiger partial charge in [-0.15, -0.1) is 0 Å². The number of nitrogens with one attached hydrogen (secondary N) is 1. The molecule has 3 heteroatoms. The highest BCUT2D eigenvalue weighted by molar-refractivity contribution is 5.66. The molecule has 1 fully saturated rings. The molecule has 132 valence electrons. The van der Waals surface area contributed by atoms with Gasteiger partial charge >= 0.3 is 5.97 Å². The van der Waals surface area contributed by atoms with E-state index in [2.05, 4.69) is 48.6 Å². The molecule has 0 radical (unpaired) electrons. The monoisotopic (exact) mass is 337 g/mol. The van der Waals surface area contributed by atoms with Gasteiger partial charge in [-0.05, 0) is 49.7 Å². The Labute approximate surface area is 150 Å². The van der Waals surface area contributed by atoms with Crippen LogP contribution in [0.15, 0.2) is 54.6 Å². The van der Waals surface area contributed by atoms with E-state index in [0.29, 0.717) is 18.4 Å². The van der Waals surface area contributed by atoms with Gasteiger partial charge in [-0.2, -0.15) is 0 Å². The van der Waals surface area contributed by atoms with Gasteiger partial charge in [-0.1, -0.05) is 60.2 Å². The first-order valence-corrected chi connectivity index (χ1v) is 9.18. The van der Waals surface area contributed by atoms with Crippen LogP contribution in [0, 0.1) is 6.92 Å². The van der Waals surface area contributed by atoms with Gasteiger partial charge in [-0.25, -0.2) is 0 Å². The molecule has 0 heterocycles. The van der Waals surface area contributed by atoms with Crippen LogP contribution in [0.25, 0.3) is 0 Å². The van der Waals surface area contributed by atoms with Crippen LogP contribution < -0.4 is 5.32 Å². The molecule has 0 saturated heterocycles. The summed E-state index contributed by atoms with van der Waals surface area (Å²) in [4.78, 5) is 11.0. The van der Waals surface area contributed by atoms with Crippen molar-refractivity contribution in [2.45, 2.75) is 57.0 Å². The average molecular weight is 337 g/mol. The lowest BCUT2D eigenvalue weighted by molar-refractivity contribution is -0.137. The van der Waals surface area contributed by atoms with Gasteiger partial charge in [0.05, 0.1) is 0 Å². The minimum Gasteiger partial charge on any atom is -0.481 e. The number of aliphatic carboxylic acids is 1. The molecule has 1 aliphatic rings. The van der Waals surface area contributed by atoms with Crippen molar-refractivity contribution in [3.05, 3.63) is 71.3 Å². The van der Waals surface area contributed by atoms with E-state index in [1.54, 1.807) is 0 Å². The molecule has 0 aliphatic heterocycles. The van der Waals surface area contributed by atoms with Crippen molar-refractivity contribution in [2.75, 3.05) is 0 Å². The van der Waals surface area contributed by atoms with E-state index in [9.17, 15) is 4.79 Å². The lowest BCUT2D eigenvalue weighted by Crippen LogP contribution is -2.46. The topological polar surface area (TPSA) is 49.3 Å². The molecule has 0 spiro atoms. The number of hydrogen-bond acceptors (Lipinski definition) is 2. The lowest BCUT2D eigenvalue weighted by Gasteiger charge is -2.39. The third-order valence-corrected chi connectivity index (χ3v) is 5.19. The van der Waals surface area contributed by atoms with Gasteiger partial charge < -0.3 is 10.4 Å². The number of hydrogen-bond donors (Lipinski definition) is 2. The summed E-state index contributed by atoms with van der Waals surface area (Å²) in [6, 6.07) is 19.9. The molecule has 0 aromatic heterocycles. The maximum absolute atomic E-state index is 11.0. The molecule has 1 saturated carbocycles. The van der Waals surface area contributed by atoms with Crippen molar-refractivity contribution >= 4 is 5.97 Å². The highest BCUT2D eigenvalue weighted by Gasteiger charge is 2.31. The van der Waals surface area contributed by atoms with E-state index in [1.807, 2.05) is 18.2 Å². The molecule has 3 nitrogen and oxygen atoms in total. The summed E-state index contributed by atoms with van der Waals surface area (Å²) < 4.78 is 0. The largest absolute Gasteiger partial charge is 0.481 e. The maximum Gasteiger partial charge on any atom is 0.303 e. The third kappa shape index (κ3) is 5.17. The summed E-state index contributed by atoms with van der Waals surface area (Å²) in [7, 11) is 0. The fourth-order valence-corrected chi connectivity index (χ4v) is 3.64. The fourth-order valence-electron chi connectivity index (χ4n) is 3.64. The zero-order chi connectivity index (χ0) is 17.6. The second-order valence-electron chi connectivity index (χ2n) is 7.26. The van der Waals surface area contributed by atoms with Gasteiger partial charge in [0.25, 0.3) is 0 Å². The average Bonchev–Trinajstić information content (AvgIpc) is 2.57. The van der Waals surface area contributed by atoms with Crippen LogP contribution in [-0.2, 0) is 11.2 Å². The quantitative estimate of drug-likeness (QED) is 0.755. The van der Waals surface area contributed by atoms with Crippen LogP contribution in [0.1, 0.15) is 48.3 Å². The smallest absolute Gasteiger partial charge is 0.303 e. The Bertz CT molecular complexity index is 675. The zero-order valence-corrected chi connectivity index (χ0v) is 14.8. The first-order chi connectivity index (χ1) is 12.1. The normalized spacial score (nSPS) is 20.7. The van der Waals surface area contributed by atoms with Crippen LogP contribution in [-0.4, -0.2) is 23.2 Å². The van der Waals surface area contributed by atoms with Crippen molar-refractivity contribution in [1.82, 2.24) is 5.32 Å². The number of rotatable bonds is 8. The molecule has 0 bridgehead atoms. The van der Waals surface area contributed by atoms with E-state index in [0.717, 1.165) is 19.3 Å². The highest BCUT2D eigenvalue weighted by Crippen LogP contribution is 2.37. The van der Waals surface area contributed by atoms with E-state index in [4.69, 9.17) is 5.11 Å². The van der Waals surface area contributed by atoms with Gasteiger partial charge in [0, 0.05) is 18.5 Å². The van der Waals surface area contributed by atoms with E-state index < -0.39 is 5.97 Å². The van der Waals surface area contributed by atoms with Gasteiger partial charge in [-0.3, -0.25) is 4.79 Å². The molecule has 1 unspecified atom stereocenters. The van der Waals surface area contributed by atoms with Gasteiger partial charge in [0.15, 0.2) is 0 Å². The predicted molar refractivity (Wildman–Crippen MR) is 101 cm³/mol. The summed E-state index contributed by atoms with van der Waals surface area (Å²) >= 11 is 0. The van der Waals surface area contributed by atoms with Crippen molar-refractivity contribution in [3.8, 4) is 0 Å². The number of aryl methyl sites for hydroxylation is 1. The summed E-state index contributed by atoms with van der Waals surface area (Å²) in [5.74, 6) is -0.0825. The van der Waals surface area contributed by atoms with Crippen LogP contribution in [0.5, 0.6) is 0 Å². The zero-order valence-electron chi connectivity index (χ0n) is 14.8. The van der Waals surface area contributed by atoms with E-state index in [-0.39, 0.29) is 12.5 Å². The molecule has 2 aromatic carbocycles. The molecule has 2 aromatic rings. The van der Waals surface area contributed by atoms with Crippen LogP contribution in [0.3, 0.4) is 0 Å². The summed E-state index contributed by atoms with van der Waals surface area (Å²) in [5.41, 5.74) is 3.99. The Kier molecular flexibility index (Phi) is 5.87. The van der Waals surface area contributed by atoms with Crippen molar-refractivity contribution < 1.29 is 9.90 Å². The van der Waals surface area contributed by atoms with Crippen LogP contribution in [0.2, 0.25) is 0 Å². The van der Waals surface area contributed by atoms with E-state index >= 15 is 0 Å².